The zero-order valence-electron chi connectivity index (χ0n) is 16.7. The Bertz CT molecular complexity index is 1140. The summed E-state index contributed by atoms with van der Waals surface area (Å²) >= 11 is 0. The Morgan fingerprint density at radius 2 is 1.76 bits per heavy atom. The van der Waals surface area contributed by atoms with Crippen LogP contribution in [0.25, 0.3) is 11.5 Å². The maximum atomic E-state index is 14.5. The lowest BCUT2D eigenvalue weighted by Crippen LogP contribution is -2.33. The molecule has 1 aliphatic rings. The van der Waals surface area contributed by atoms with Gasteiger partial charge in [-0.3, -0.25) is 4.79 Å². The van der Waals surface area contributed by atoms with Gasteiger partial charge in [0.25, 0.3) is 0 Å². The van der Waals surface area contributed by atoms with Crippen molar-refractivity contribution in [2.75, 3.05) is 19.0 Å². The summed E-state index contributed by atoms with van der Waals surface area (Å²) in [5.41, 5.74) is -0.0311. The van der Waals surface area contributed by atoms with Crippen molar-refractivity contribution in [3.05, 3.63) is 53.6 Å². The molecule has 0 unspecified atom stereocenters. The quantitative estimate of drug-likeness (QED) is 0.531. The molecule has 1 fully saturated rings. The maximum Gasteiger partial charge on any atom is 0.573 e. The fraction of sp³-hybridized carbons (Fsp3) is 0.250. The largest absolute Gasteiger partial charge is 0.573 e. The molecule has 13 heteroatoms. The van der Waals surface area contributed by atoms with Crippen molar-refractivity contribution in [2.24, 2.45) is 0 Å². The number of alkyl halides is 3. The van der Waals surface area contributed by atoms with Crippen molar-refractivity contribution in [3.63, 3.8) is 0 Å². The van der Waals surface area contributed by atoms with E-state index in [1.54, 1.807) is 0 Å². The van der Waals surface area contributed by atoms with E-state index in [-0.39, 0.29) is 35.3 Å². The molecule has 4 rings (SSSR count). The predicted octanol–water partition coefficient (Wildman–Crippen LogP) is 3.62. The van der Waals surface area contributed by atoms with Crippen LogP contribution in [0.15, 0.2) is 40.8 Å². The number of aromatic nitrogens is 2. The molecule has 1 aliphatic heterocycles. The van der Waals surface area contributed by atoms with E-state index >= 15 is 0 Å². The maximum absolute atomic E-state index is 14.5. The molecule has 174 valence electrons. The van der Waals surface area contributed by atoms with Gasteiger partial charge in [-0.2, -0.15) is 0 Å². The number of anilines is 1. The third-order valence-corrected chi connectivity index (χ3v) is 4.88. The number of carbonyl (C=O) groups excluding carboxylic acids is 1. The first-order valence-corrected chi connectivity index (χ1v) is 9.41. The van der Waals surface area contributed by atoms with Gasteiger partial charge in [-0.25, -0.2) is 8.78 Å². The van der Waals surface area contributed by atoms with Gasteiger partial charge in [0.15, 0.2) is 0 Å². The van der Waals surface area contributed by atoms with Crippen LogP contribution in [0.2, 0.25) is 0 Å². The molecule has 1 aromatic heterocycles. The highest BCUT2D eigenvalue weighted by Gasteiger charge is 2.40. The van der Waals surface area contributed by atoms with Crippen molar-refractivity contribution in [3.8, 4) is 23.0 Å². The summed E-state index contributed by atoms with van der Waals surface area (Å²) in [4.78, 5) is 12.3. The summed E-state index contributed by atoms with van der Waals surface area (Å²) in [6, 6.07) is 5.34. The molecule has 2 heterocycles. The Morgan fingerprint density at radius 1 is 1.09 bits per heavy atom. The van der Waals surface area contributed by atoms with E-state index < -0.39 is 41.6 Å². The number of nitrogens with zero attached hydrogens (tertiary/aromatic N) is 2. The average molecular weight is 470 g/mol. The Balaban J connectivity index is 1.53. The minimum atomic E-state index is -4.83. The van der Waals surface area contributed by atoms with Crippen LogP contribution in [0, 0.1) is 11.6 Å². The van der Waals surface area contributed by atoms with E-state index in [0.717, 1.165) is 24.3 Å². The standard InChI is InChI=1S/C20H15F5N4O4/c1-31-11-6-13(21)15(14(22)7-11)12-8-26-17(30)16(12)27-19-29-28-18(32-19)9-2-4-10(5-3-9)33-20(23,24)25/h2-7,12,16H,8H2,1H3,(H,26,30)(H,27,29)/t12-,16-/m0/s1. The lowest BCUT2D eigenvalue weighted by atomic mass is 9.93. The van der Waals surface area contributed by atoms with Gasteiger partial charge in [0.2, 0.25) is 11.8 Å². The number of nitrogens with one attached hydrogen (secondary N) is 2. The summed E-state index contributed by atoms with van der Waals surface area (Å²) in [5.74, 6) is -3.74. The van der Waals surface area contributed by atoms with Gasteiger partial charge in [-0.15, -0.1) is 18.3 Å². The first-order chi connectivity index (χ1) is 15.6. The van der Waals surface area contributed by atoms with Crippen LogP contribution >= 0.6 is 0 Å². The number of halogens is 5. The minimum absolute atomic E-state index is 0.0104. The summed E-state index contributed by atoms with van der Waals surface area (Å²) < 4.78 is 79.9. The van der Waals surface area contributed by atoms with E-state index in [2.05, 4.69) is 25.6 Å². The Labute approximate surface area is 182 Å². The number of amides is 1. The monoisotopic (exact) mass is 470 g/mol. The lowest BCUT2D eigenvalue weighted by molar-refractivity contribution is -0.274. The Morgan fingerprint density at radius 3 is 2.36 bits per heavy atom. The second kappa shape index (κ2) is 8.56. The molecule has 0 radical (unpaired) electrons. The second-order valence-electron chi connectivity index (χ2n) is 6.96. The molecular formula is C20H15F5N4O4. The van der Waals surface area contributed by atoms with Gasteiger partial charge in [-0.05, 0) is 24.3 Å². The normalized spacial score (nSPS) is 18.2. The van der Waals surface area contributed by atoms with E-state index in [1.807, 2.05) is 0 Å². The smallest absolute Gasteiger partial charge is 0.497 e. The van der Waals surface area contributed by atoms with Crippen molar-refractivity contribution in [2.45, 2.75) is 18.3 Å². The Kier molecular flexibility index (Phi) is 5.78. The number of rotatable bonds is 6. The van der Waals surface area contributed by atoms with E-state index in [4.69, 9.17) is 9.15 Å². The van der Waals surface area contributed by atoms with Crippen molar-refractivity contribution in [1.82, 2.24) is 15.5 Å². The van der Waals surface area contributed by atoms with Crippen LogP contribution < -0.4 is 20.1 Å². The van der Waals surface area contributed by atoms with Gasteiger partial charge in [0, 0.05) is 35.7 Å². The minimum Gasteiger partial charge on any atom is -0.497 e. The highest BCUT2D eigenvalue weighted by molar-refractivity contribution is 5.88. The van der Waals surface area contributed by atoms with Crippen LogP contribution in [0.4, 0.5) is 28.0 Å². The van der Waals surface area contributed by atoms with Crippen molar-refractivity contribution in [1.29, 1.82) is 0 Å². The molecule has 2 atom stereocenters. The number of carbonyl (C=O) groups is 1. The number of benzene rings is 2. The predicted molar refractivity (Wildman–Crippen MR) is 102 cm³/mol. The molecule has 3 aromatic rings. The summed E-state index contributed by atoms with van der Waals surface area (Å²) in [6.07, 6.45) is -4.83. The first kappa shape index (κ1) is 22.3. The zero-order chi connectivity index (χ0) is 23.8. The molecule has 2 aromatic carbocycles. The SMILES string of the molecule is COc1cc(F)c([C@@H]2CNC(=O)[C@H]2Nc2nnc(-c3ccc(OC(F)(F)F)cc3)o2)c(F)c1. The van der Waals surface area contributed by atoms with Crippen molar-refractivity contribution < 1.29 is 40.6 Å². The average Bonchev–Trinajstić information content (AvgIpc) is 3.35. The second-order valence-corrected chi connectivity index (χ2v) is 6.96. The van der Waals surface area contributed by atoms with Gasteiger partial charge >= 0.3 is 12.4 Å². The van der Waals surface area contributed by atoms with Gasteiger partial charge in [0.05, 0.1) is 7.11 Å². The lowest BCUT2D eigenvalue weighted by Gasteiger charge is -2.19. The molecule has 0 aliphatic carbocycles. The van der Waals surface area contributed by atoms with E-state index in [0.29, 0.717) is 0 Å². The molecule has 33 heavy (non-hydrogen) atoms. The summed E-state index contributed by atoms with van der Waals surface area (Å²) in [5, 5.41) is 12.7. The number of ether oxygens (including phenoxy) is 2. The van der Waals surface area contributed by atoms with Crippen LogP contribution in [0.3, 0.4) is 0 Å². The molecule has 0 spiro atoms. The van der Waals surface area contributed by atoms with Crippen LogP contribution in [-0.4, -0.2) is 42.2 Å². The van der Waals surface area contributed by atoms with Gasteiger partial charge < -0.3 is 24.5 Å². The fourth-order valence-electron chi connectivity index (χ4n) is 3.42. The van der Waals surface area contributed by atoms with E-state index in [1.165, 1.54) is 19.2 Å². The zero-order valence-corrected chi connectivity index (χ0v) is 16.7. The van der Waals surface area contributed by atoms with Crippen LogP contribution in [-0.2, 0) is 4.79 Å². The number of hydrogen-bond acceptors (Lipinski definition) is 7. The van der Waals surface area contributed by atoms with Crippen molar-refractivity contribution >= 4 is 11.9 Å². The number of hydrogen-bond donors (Lipinski definition) is 2. The third kappa shape index (κ3) is 4.81. The van der Waals surface area contributed by atoms with Gasteiger partial charge in [0.1, 0.15) is 29.2 Å². The highest BCUT2D eigenvalue weighted by atomic mass is 19.4. The summed E-state index contributed by atoms with van der Waals surface area (Å²) in [7, 11) is 1.27. The van der Waals surface area contributed by atoms with Gasteiger partial charge in [-0.1, -0.05) is 5.10 Å². The molecule has 0 saturated carbocycles. The molecule has 8 nitrogen and oxygen atoms in total. The highest BCUT2D eigenvalue weighted by Crippen LogP contribution is 2.33. The Hall–Kier alpha value is -3.90. The third-order valence-electron chi connectivity index (χ3n) is 4.88. The topological polar surface area (TPSA) is 98.5 Å². The molecule has 0 bridgehead atoms. The molecule has 2 N–H and O–H groups in total. The fourth-order valence-corrected chi connectivity index (χ4v) is 3.42. The van der Waals surface area contributed by atoms with Crippen LogP contribution in [0.5, 0.6) is 11.5 Å². The van der Waals surface area contributed by atoms with Crippen LogP contribution in [0.1, 0.15) is 11.5 Å². The van der Waals surface area contributed by atoms with E-state index in [9.17, 15) is 26.7 Å². The molecule has 1 saturated heterocycles. The summed E-state index contributed by atoms with van der Waals surface area (Å²) in [6.45, 7) is -0.0433. The molecule has 1 amide bonds. The first-order valence-electron chi connectivity index (χ1n) is 9.41. The number of methoxy groups -OCH3 is 1. The molecular weight excluding hydrogens is 455 g/mol.